The van der Waals surface area contributed by atoms with E-state index in [0.717, 1.165) is 17.3 Å². The van der Waals surface area contributed by atoms with Gasteiger partial charge in [0.15, 0.2) is 0 Å². The van der Waals surface area contributed by atoms with Crippen LogP contribution in [-0.4, -0.2) is 34.9 Å². The van der Waals surface area contributed by atoms with Crippen LogP contribution in [0.5, 0.6) is 5.75 Å². The number of rotatable bonds is 5. The molecule has 0 unspecified atom stereocenters. The van der Waals surface area contributed by atoms with Crippen molar-refractivity contribution < 1.29 is 4.74 Å². The number of fused-ring (bicyclic) bond motifs is 2. The summed E-state index contributed by atoms with van der Waals surface area (Å²) in [5, 5.41) is 0. The highest BCUT2D eigenvalue weighted by Gasteiger charge is 2.48. The molecule has 1 spiro atoms. The van der Waals surface area contributed by atoms with Crippen molar-refractivity contribution in [2.24, 2.45) is 5.92 Å². The average Bonchev–Trinajstić information content (AvgIpc) is 3.02. The summed E-state index contributed by atoms with van der Waals surface area (Å²) < 4.78 is 6.16. The first kappa shape index (κ1) is 19.2. The maximum absolute atomic E-state index is 5.62. The van der Waals surface area contributed by atoms with E-state index in [2.05, 4.69) is 80.8 Å². The van der Waals surface area contributed by atoms with E-state index in [9.17, 15) is 0 Å². The van der Waals surface area contributed by atoms with Crippen LogP contribution in [0.1, 0.15) is 37.0 Å². The highest BCUT2D eigenvalue weighted by atomic mass is 32.2. The number of thioether (sulfide) groups is 3. The zero-order valence-electron chi connectivity index (χ0n) is 15.1. The second-order valence-electron chi connectivity index (χ2n) is 7.15. The van der Waals surface area contributed by atoms with Crippen molar-refractivity contribution in [2.75, 3.05) is 30.1 Å². The number of thiol groups is 1. The SMILES string of the molecule is COc1ccc2c(c1C)C[C@H](C(C)(C)SCCS)CC21SCCS1. The molecular weight excluding hydrogens is 372 g/mol. The molecule has 0 bridgehead atoms. The summed E-state index contributed by atoms with van der Waals surface area (Å²) in [5.41, 5.74) is 4.47. The minimum Gasteiger partial charge on any atom is -0.496 e. The topological polar surface area (TPSA) is 9.23 Å². The third-order valence-electron chi connectivity index (χ3n) is 5.45. The van der Waals surface area contributed by atoms with Crippen molar-refractivity contribution in [3.8, 4) is 5.75 Å². The van der Waals surface area contributed by atoms with Crippen LogP contribution in [0.25, 0.3) is 0 Å². The minimum absolute atomic E-state index is 0.258. The van der Waals surface area contributed by atoms with Crippen LogP contribution < -0.4 is 4.74 Å². The van der Waals surface area contributed by atoms with E-state index in [1.54, 1.807) is 18.2 Å². The van der Waals surface area contributed by atoms with E-state index in [1.165, 1.54) is 29.9 Å². The van der Waals surface area contributed by atoms with Crippen LogP contribution in [0.15, 0.2) is 12.1 Å². The largest absolute Gasteiger partial charge is 0.496 e. The lowest BCUT2D eigenvalue weighted by atomic mass is 9.75. The predicted octanol–water partition coefficient (Wildman–Crippen LogP) is 5.64. The van der Waals surface area contributed by atoms with Crippen molar-refractivity contribution in [3.05, 3.63) is 28.8 Å². The third kappa shape index (κ3) is 3.47. The van der Waals surface area contributed by atoms with Gasteiger partial charge in [-0.25, -0.2) is 0 Å². The van der Waals surface area contributed by atoms with Gasteiger partial charge >= 0.3 is 0 Å². The molecule has 1 aliphatic heterocycles. The standard InChI is InChI=1S/C19H28OS4/c1-13-15-11-14(18(2,3)22-8-7-21)12-19(23-9-10-24-19)16(15)5-6-17(13)20-4/h5-6,14,21H,7-12H2,1-4H3/t14-/m0/s1. The molecule has 1 aromatic rings. The van der Waals surface area contributed by atoms with Crippen LogP contribution >= 0.6 is 47.9 Å². The molecule has 1 fully saturated rings. The minimum atomic E-state index is 0.258. The first-order chi connectivity index (χ1) is 11.4. The third-order valence-corrected chi connectivity index (χ3v) is 10.9. The smallest absolute Gasteiger partial charge is 0.122 e. The summed E-state index contributed by atoms with van der Waals surface area (Å²) in [6.45, 7) is 7.11. The van der Waals surface area contributed by atoms with E-state index in [0.29, 0.717) is 5.92 Å². The fourth-order valence-electron chi connectivity index (χ4n) is 3.98. The Bertz CT molecular complexity index is 593. The van der Waals surface area contributed by atoms with Gasteiger partial charge in [-0.05, 0) is 54.2 Å². The number of hydrogen-bond acceptors (Lipinski definition) is 5. The highest BCUT2D eigenvalue weighted by molar-refractivity contribution is 8.20. The molecule has 1 atom stereocenters. The zero-order valence-corrected chi connectivity index (χ0v) is 18.4. The summed E-state index contributed by atoms with van der Waals surface area (Å²) in [4.78, 5) is 0. The van der Waals surface area contributed by atoms with Gasteiger partial charge < -0.3 is 4.74 Å². The van der Waals surface area contributed by atoms with Gasteiger partial charge in [0.05, 0.1) is 11.2 Å². The second-order valence-corrected chi connectivity index (χ2v) is 12.4. The van der Waals surface area contributed by atoms with Gasteiger partial charge in [0, 0.05) is 22.0 Å². The molecule has 1 aliphatic carbocycles. The van der Waals surface area contributed by atoms with Crippen LogP contribution in [0.3, 0.4) is 0 Å². The van der Waals surface area contributed by atoms with Gasteiger partial charge in [0.2, 0.25) is 0 Å². The fourth-order valence-corrected chi connectivity index (χ4v) is 8.76. The Morgan fingerprint density at radius 3 is 2.67 bits per heavy atom. The van der Waals surface area contributed by atoms with E-state index < -0.39 is 0 Å². The van der Waals surface area contributed by atoms with Crippen LogP contribution in [0.4, 0.5) is 0 Å². The van der Waals surface area contributed by atoms with Gasteiger partial charge in [-0.3, -0.25) is 0 Å². The molecule has 1 nitrogen and oxygen atoms in total. The molecule has 0 aromatic heterocycles. The summed E-state index contributed by atoms with van der Waals surface area (Å²) in [7, 11) is 1.79. The lowest BCUT2D eigenvalue weighted by molar-refractivity contribution is 0.358. The molecule has 24 heavy (non-hydrogen) atoms. The number of benzene rings is 1. The summed E-state index contributed by atoms with van der Waals surface area (Å²) >= 11 is 10.9. The Labute approximate surface area is 165 Å². The number of hydrogen-bond donors (Lipinski definition) is 1. The van der Waals surface area contributed by atoms with Crippen molar-refractivity contribution in [2.45, 2.75) is 42.4 Å². The quantitative estimate of drug-likeness (QED) is 0.640. The summed E-state index contributed by atoms with van der Waals surface area (Å²) in [6.07, 6.45) is 2.46. The molecule has 1 aromatic carbocycles. The Kier molecular flexibility index (Phi) is 6.06. The molecule has 1 saturated heterocycles. The van der Waals surface area contributed by atoms with Gasteiger partial charge in [0.25, 0.3) is 0 Å². The Morgan fingerprint density at radius 2 is 2.04 bits per heavy atom. The first-order valence-corrected chi connectivity index (χ1v) is 12.2. The van der Waals surface area contributed by atoms with Gasteiger partial charge in [-0.15, -0.1) is 23.5 Å². The second kappa shape index (κ2) is 7.58. The first-order valence-electron chi connectivity index (χ1n) is 8.63. The van der Waals surface area contributed by atoms with Crippen LogP contribution in [0.2, 0.25) is 0 Å². The van der Waals surface area contributed by atoms with Crippen molar-refractivity contribution >= 4 is 47.9 Å². The molecule has 134 valence electrons. The Balaban J connectivity index is 2.01. The maximum Gasteiger partial charge on any atom is 0.122 e. The molecule has 1 heterocycles. The zero-order chi connectivity index (χ0) is 17.4. The molecular formula is C19H28OS4. The molecule has 0 N–H and O–H groups in total. The fraction of sp³-hybridized carbons (Fsp3) is 0.684. The number of ether oxygens (including phenoxy) is 1. The summed E-state index contributed by atoms with van der Waals surface area (Å²) in [5.74, 6) is 6.36. The summed E-state index contributed by atoms with van der Waals surface area (Å²) in [6, 6.07) is 4.52. The van der Waals surface area contributed by atoms with E-state index in [-0.39, 0.29) is 8.83 Å². The number of methoxy groups -OCH3 is 1. The van der Waals surface area contributed by atoms with Crippen molar-refractivity contribution in [1.29, 1.82) is 0 Å². The average molecular weight is 401 g/mol. The van der Waals surface area contributed by atoms with Crippen LogP contribution in [0, 0.1) is 12.8 Å². The Hall–Kier alpha value is 0.420. The molecule has 0 amide bonds. The maximum atomic E-state index is 5.62. The monoisotopic (exact) mass is 400 g/mol. The molecule has 2 aliphatic rings. The van der Waals surface area contributed by atoms with Crippen molar-refractivity contribution in [1.82, 2.24) is 0 Å². The Morgan fingerprint density at radius 1 is 1.33 bits per heavy atom. The van der Waals surface area contributed by atoms with E-state index >= 15 is 0 Å². The normalized spacial score (nSPS) is 22.6. The van der Waals surface area contributed by atoms with E-state index in [1.807, 2.05) is 0 Å². The lowest BCUT2D eigenvalue weighted by Crippen LogP contribution is -2.39. The molecule has 3 rings (SSSR count). The van der Waals surface area contributed by atoms with Crippen LogP contribution in [-0.2, 0) is 10.5 Å². The van der Waals surface area contributed by atoms with E-state index in [4.69, 9.17) is 4.74 Å². The van der Waals surface area contributed by atoms with Gasteiger partial charge in [-0.2, -0.15) is 24.4 Å². The highest BCUT2D eigenvalue weighted by Crippen LogP contribution is 2.61. The molecule has 0 saturated carbocycles. The van der Waals surface area contributed by atoms with Gasteiger partial charge in [-0.1, -0.05) is 19.9 Å². The van der Waals surface area contributed by atoms with Gasteiger partial charge in [0.1, 0.15) is 5.75 Å². The molecule has 0 radical (unpaired) electrons. The lowest BCUT2D eigenvalue weighted by Gasteiger charge is -2.45. The predicted molar refractivity (Wildman–Crippen MR) is 117 cm³/mol. The van der Waals surface area contributed by atoms with Crippen molar-refractivity contribution in [3.63, 3.8) is 0 Å². The molecule has 5 heteroatoms.